The third-order valence-electron chi connectivity index (χ3n) is 3.24. The largest absolute Gasteiger partial charge is 0.444 e. The van der Waals surface area contributed by atoms with E-state index >= 15 is 0 Å². The molecule has 1 unspecified atom stereocenters. The van der Waals surface area contributed by atoms with Crippen LogP contribution in [0.2, 0.25) is 0 Å². The number of nitrogens with zero attached hydrogens (tertiary/aromatic N) is 1. The highest BCUT2D eigenvalue weighted by Gasteiger charge is 2.48. The van der Waals surface area contributed by atoms with E-state index in [9.17, 15) is 9.90 Å². The fourth-order valence-electron chi connectivity index (χ4n) is 2.20. The van der Waals surface area contributed by atoms with Gasteiger partial charge in [0.25, 0.3) is 0 Å². The Morgan fingerprint density at radius 2 is 2.17 bits per heavy atom. The number of nitrogens with one attached hydrogen (secondary N) is 1. The minimum absolute atomic E-state index is 0.331. The first-order valence-electron chi connectivity index (χ1n) is 6.32. The molecular formula is C12H22N2O4. The minimum atomic E-state index is -0.892. The predicted octanol–water partition coefficient (Wildman–Crippen LogP) is -0.0434. The maximum Gasteiger partial charge on any atom is 0.410 e. The van der Waals surface area contributed by atoms with E-state index in [1.165, 1.54) is 0 Å². The summed E-state index contributed by atoms with van der Waals surface area (Å²) in [6, 6.07) is -0.331. The van der Waals surface area contributed by atoms with Gasteiger partial charge in [0, 0.05) is 19.6 Å². The van der Waals surface area contributed by atoms with Crippen molar-refractivity contribution in [3.63, 3.8) is 0 Å². The van der Waals surface area contributed by atoms with Crippen molar-refractivity contribution in [2.24, 2.45) is 0 Å². The second kappa shape index (κ2) is 4.68. The molecular weight excluding hydrogens is 236 g/mol. The van der Waals surface area contributed by atoms with Gasteiger partial charge in [-0.2, -0.15) is 0 Å². The van der Waals surface area contributed by atoms with Crippen LogP contribution in [0, 0.1) is 0 Å². The van der Waals surface area contributed by atoms with Gasteiger partial charge < -0.3 is 19.9 Å². The van der Waals surface area contributed by atoms with Crippen molar-refractivity contribution < 1.29 is 19.4 Å². The normalized spacial score (nSPS) is 27.6. The second-order valence-corrected chi connectivity index (χ2v) is 5.97. The number of hydrogen-bond donors (Lipinski definition) is 2. The van der Waals surface area contributed by atoms with Gasteiger partial charge in [-0.05, 0) is 20.8 Å². The maximum atomic E-state index is 12.1. The molecule has 18 heavy (non-hydrogen) atoms. The Labute approximate surface area is 107 Å². The average molecular weight is 258 g/mol. The first-order chi connectivity index (χ1) is 8.32. The van der Waals surface area contributed by atoms with Crippen molar-refractivity contribution in [2.45, 2.75) is 38.0 Å². The lowest BCUT2D eigenvalue weighted by atomic mass is 9.87. The number of β-amino-alcohol motifs (C(OH)–C–C–N with tert-alkyl or cyclic N) is 1. The molecule has 0 bridgehead atoms. The molecule has 0 aromatic rings. The number of carbonyl (C=O) groups is 1. The molecule has 0 spiro atoms. The molecule has 2 saturated heterocycles. The summed E-state index contributed by atoms with van der Waals surface area (Å²) in [5.41, 5.74) is -1.42. The molecule has 0 radical (unpaired) electrons. The van der Waals surface area contributed by atoms with Gasteiger partial charge in [-0.3, -0.25) is 4.90 Å². The van der Waals surface area contributed by atoms with E-state index < -0.39 is 11.2 Å². The van der Waals surface area contributed by atoms with Crippen LogP contribution in [0.15, 0.2) is 0 Å². The molecule has 6 heteroatoms. The zero-order chi connectivity index (χ0) is 13.4. The van der Waals surface area contributed by atoms with Gasteiger partial charge in [-0.25, -0.2) is 4.79 Å². The summed E-state index contributed by atoms with van der Waals surface area (Å²) in [6.45, 7) is 7.78. The standard InChI is InChI=1S/C12H22N2O4/c1-11(2,3)18-10(15)14-4-5-17-6-9(14)12(16)7-13-8-12/h9,13,16H,4-8H2,1-3H3. The topological polar surface area (TPSA) is 71.0 Å². The van der Waals surface area contributed by atoms with Crippen LogP contribution in [0.4, 0.5) is 4.79 Å². The molecule has 2 heterocycles. The van der Waals surface area contributed by atoms with Crippen LogP contribution >= 0.6 is 0 Å². The molecule has 1 atom stereocenters. The number of amides is 1. The lowest BCUT2D eigenvalue weighted by Crippen LogP contribution is -2.73. The maximum absolute atomic E-state index is 12.1. The van der Waals surface area contributed by atoms with E-state index in [0.717, 1.165) is 0 Å². The third-order valence-corrected chi connectivity index (χ3v) is 3.24. The zero-order valence-electron chi connectivity index (χ0n) is 11.2. The fraction of sp³-hybridized carbons (Fsp3) is 0.917. The van der Waals surface area contributed by atoms with Crippen molar-refractivity contribution in [3.8, 4) is 0 Å². The van der Waals surface area contributed by atoms with E-state index in [-0.39, 0.29) is 12.1 Å². The summed E-state index contributed by atoms with van der Waals surface area (Å²) in [4.78, 5) is 13.7. The quantitative estimate of drug-likeness (QED) is 0.690. The molecule has 2 rings (SSSR count). The van der Waals surface area contributed by atoms with Crippen molar-refractivity contribution in [3.05, 3.63) is 0 Å². The molecule has 2 aliphatic rings. The minimum Gasteiger partial charge on any atom is -0.444 e. The molecule has 6 nitrogen and oxygen atoms in total. The number of hydrogen-bond acceptors (Lipinski definition) is 5. The summed E-state index contributed by atoms with van der Waals surface area (Å²) < 4.78 is 10.7. The molecule has 2 fully saturated rings. The van der Waals surface area contributed by atoms with E-state index in [0.29, 0.717) is 32.8 Å². The molecule has 2 aliphatic heterocycles. The highest BCUT2D eigenvalue weighted by molar-refractivity contribution is 5.69. The number of morpholine rings is 1. The van der Waals surface area contributed by atoms with E-state index in [1.54, 1.807) is 4.90 Å². The van der Waals surface area contributed by atoms with Crippen LogP contribution in [0.25, 0.3) is 0 Å². The van der Waals surface area contributed by atoms with Gasteiger partial charge >= 0.3 is 6.09 Å². The van der Waals surface area contributed by atoms with E-state index in [1.807, 2.05) is 20.8 Å². The van der Waals surface area contributed by atoms with Crippen LogP contribution in [0.5, 0.6) is 0 Å². The molecule has 0 aromatic carbocycles. The molecule has 104 valence electrons. The van der Waals surface area contributed by atoms with Gasteiger partial charge in [-0.1, -0.05) is 0 Å². The van der Waals surface area contributed by atoms with Gasteiger partial charge in [0.05, 0.1) is 19.3 Å². The van der Waals surface area contributed by atoms with Crippen molar-refractivity contribution >= 4 is 6.09 Å². The summed E-state index contributed by atoms with van der Waals surface area (Å²) >= 11 is 0. The van der Waals surface area contributed by atoms with Crippen molar-refractivity contribution in [2.75, 3.05) is 32.8 Å². The first-order valence-corrected chi connectivity index (χ1v) is 6.32. The Balaban J connectivity index is 2.06. The monoisotopic (exact) mass is 258 g/mol. The summed E-state index contributed by atoms with van der Waals surface area (Å²) in [5, 5.41) is 13.4. The number of carbonyl (C=O) groups excluding carboxylic acids is 1. The van der Waals surface area contributed by atoms with Gasteiger partial charge in [0.2, 0.25) is 0 Å². The molecule has 1 amide bonds. The van der Waals surface area contributed by atoms with E-state index in [4.69, 9.17) is 9.47 Å². The molecule has 0 saturated carbocycles. The fourth-order valence-corrected chi connectivity index (χ4v) is 2.20. The van der Waals surface area contributed by atoms with Gasteiger partial charge in [0.15, 0.2) is 0 Å². The third kappa shape index (κ3) is 2.76. The Morgan fingerprint density at radius 1 is 1.50 bits per heavy atom. The SMILES string of the molecule is CC(C)(C)OC(=O)N1CCOCC1C1(O)CNC1. The summed E-state index contributed by atoms with van der Waals surface area (Å²) in [7, 11) is 0. The number of rotatable bonds is 1. The smallest absolute Gasteiger partial charge is 0.410 e. The van der Waals surface area contributed by atoms with Crippen molar-refractivity contribution in [1.82, 2.24) is 10.2 Å². The second-order valence-electron chi connectivity index (χ2n) is 5.97. The van der Waals surface area contributed by atoms with Crippen LogP contribution in [-0.4, -0.2) is 66.2 Å². The summed E-state index contributed by atoms with van der Waals surface area (Å²) in [5.74, 6) is 0. The molecule has 0 aromatic heterocycles. The lowest BCUT2D eigenvalue weighted by molar-refractivity contribution is -0.130. The lowest BCUT2D eigenvalue weighted by Gasteiger charge is -2.49. The Kier molecular flexibility index (Phi) is 3.53. The number of aliphatic hydroxyl groups is 1. The van der Waals surface area contributed by atoms with Crippen LogP contribution < -0.4 is 5.32 Å². The summed E-state index contributed by atoms with van der Waals surface area (Å²) in [6.07, 6.45) is -0.379. The Hall–Kier alpha value is -0.850. The first kappa shape index (κ1) is 13.6. The zero-order valence-corrected chi connectivity index (χ0v) is 11.2. The molecule has 0 aliphatic carbocycles. The van der Waals surface area contributed by atoms with E-state index in [2.05, 4.69) is 5.32 Å². The highest BCUT2D eigenvalue weighted by atomic mass is 16.6. The Morgan fingerprint density at radius 3 is 2.67 bits per heavy atom. The predicted molar refractivity (Wildman–Crippen MR) is 65.4 cm³/mol. The van der Waals surface area contributed by atoms with Gasteiger partial charge in [-0.15, -0.1) is 0 Å². The number of ether oxygens (including phenoxy) is 2. The Bertz CT molecular complexity index is 323. The van der Waals surface area contributed by atoms with Crippen molar-refractivity contribution in [1.29, 1.82) is 0 Å². The van der Waals surface area contributed by atoms with Gasteiger partial charge in [0.1, 0.15) is 11.2 Å². The van der Waals surface area contributed by atoms with Crippen LogP contribution in [0.1, 0.15) is 20.8 Å². The highest BCUT2D eigenvalue weighted by Crippen LogP contribution is 2.25. The van der Waals surface area contributed by atoms with Crippen LogP contribution in [0.3, 0.4) is 0 Å². The average Bonchev–Trinajstić information content (AvgIpc) is 2.23. The molecule has 2 N–H and O–H groups in total. The van der Waals surface area contributed by atoms with Crippen LogP contribution in [-0.2, 0) is 9.47 Å².